The summed E-state index contributed by atoms with van der Waals surface area (Å²) in [5, 5.41) is 3.51. The Kier molecular flexibility index (Phi) is 5.46. The van der Waals surface area contributed by atoms with Gasteiger partial charge < -0.3 is 5.32 Å². The van der Waals surface area contributed by atoms with Gasteiger partial charge in [-0.3, -0.25) is 0 Å². The molecule has 0 heterocycles. The molecule has 0 radical (unpaired) electrons. The Morgan fingerprint density at radius 3 is 2.39 bits per heavy atom. The molecular weight excluding hydrogens is 218 g/mol. The molecule has 0 spiro atoms. The van der Waals surface area contributed by atoms with Gasteiger partial charge in [-0.25, -0.2) is 0 Å². The minimum Gasteiger partial charge on any atom is -0.359 e. The molecule has 0 aliphatic carbocycles. The smallest absolute Gasteiger partial charge is 0.0419 e. The van der Waals surface area contributed by atoms with E-state index in [1.54, 1.807) is 0 Å². The van der Waals surface area contributed by atoms with Crippen molar-refractivity contribution in [3.05, 3.63) is 41.6 Å². The largest absolute Gasteiger partial charge is 0.359 e. The van der Waals surface area contributed by atoms with Crippen molar-refractivity contribution in [1.29, 1.82) is 0 Å². The van der Waals surface area contributed by atoms with E-state index >= 15 is 0 Å². The number of hydrogen-bond acceptors (Lipinski definition) is 1. The molecule has 0 bridgehead atoms. The summed E-state index contributed by atoms with van der Waals surface area (Å²) in [4.78, 5) is 0. The molecule has 1 rings (SSSR count). The monoisotopic (exact) mass is 245 g/mol. The molecule has 100 valence electrons. The lowest BCUT2D eigenvalue weighted by atomic mass is 9.94. The van der Waals surface area contributed by atoms with E-state index in [1.165, 1.54) is 16.8 Å². The predicted octanol–water partition coefficient (Wildman–Crippen LogP) is 5.34. The van der Waals surface area contributed by atoms with E-state index in [1.807, 2.05) is 0 Å². The van der Waals surface area contributed by atoms with Crippen LogP contribution in [0.15, 0.2) is 30.5 Å². The number of hydrogen-bond donors (Lipinski definition) is 1. The van der Waals surface area contributed by atoms with E-state index in [4.69, 9.17) is 0 Å². The SMILES string of the molecule is C=C(Nc1cc(CC)ccc1C(C)CC)C(C)C. The summed E-state index contributed by atoms with van der Waals surface area (Å²) in [6.45, 7) is 15.2. The molecule has 0 saturated carbocycles. The molecule has 0 amide bonds. The third-order valence-corrected chi connectivity index (χ3v) is 3.66. The van der Waals surface area contributed by atoms with E-state index in [-0.39, 0.29) is 0 Å². The first-order chi connectivity index (χ1) is 8.49. The van der Waals surface area contributed by atoms with E-state index < -0.39 is 0 Å². The molecule has 0 saturated heterocycles. The molecule has 1 aromatic carbocycles. The summed E-state index contributed by atoms with van der Waals surface area (Å²) in [7, 11) is 0. The van der Waals surface area contributed by atoms with E-state index in [0.29, 0.717) is 11.8 Å². The molecule has 0 fully saturated rings. The molecule has 1 aromatic rings. The molecule has 1 unspecified atom stereocenters. The summed E-state index contributed by atoms with van der Waals surface area (Å²) >= 11 is 0. The maximum Gasteiger partial charge on any atom is 0.0419 e. The van der Waals surface area contributed by atoms with Gasteiger partial charge in [0.25, 0.3) is 0 Å². The van der Waals surface area contributed by atoms with Crippen molar-refractivity contribution in [2.75, 3.05) is 5.32 Å². The lowest BCUT2D eigenvalue weighted by molar-refractivity contribution is 0.731. The standard InChI is InChI=1S/C17H27N/c1-7-13(5)16-10-9-15(8-2)11-17(16)18-14(6)12(3)4/h9-13,18H,6-8H2,1-5H3. The fourth-order valence-electron chi connectivity index (χ4n) is 1.90. The van der Waals surface area contributed by atoms with Crippen molar-refractivity contribution >= 4 is 5.69 Å². The summed E-state index contributed by atoms with van der Waals surface area (Å²) in [6, 6.07) is 6.78. The number of benzene rings is 1. The Morgan fingerprint density at radius 2 is 1.89 bits per heavy atom. The number of nitrogens with one attached hydrogen (secondary N) is 1. The molecule has 0 aliphatic heterocycles. The van der Waals surface area contributed by atoms with Crippen LogP contribution in [0.2, 0.25) is 0 Å². The van der Waals surface area contributed by atoms with Gasteiger partial charge in [0.2, 0.25) is 0 Å². The van der Waals surface area contributed by atoms with Gasteiger partial charge in [-0.05, 0) is 41.9 Å². The van der Waals surface area contributed by atoms with Gasteiger partial charge in [0.1, 0.15) is 0 Å². The maximum absolute atomic E-state index is 4.12. The number of rotatable bonds is 6. The number of allylic oxidation sites excluding steroid dienone is 1. The van der Waals surface area contributed by atoms with E-state index in [2.05, 4.69) is 64.7 Å². The molecule has 18 heavy (non-hydrogen) atoms. The van der Waals surface area contributed by atoms with Gasteiger partial charge in [-0.2, -0.15) is 0 Å². The highest BCUT2D eigenvalue weighted by Gasteiger charge is 2.11. The van der Waals surface area contributed by atoms with Gasteiger partial charge >= 0.3 is 0 Å². The van der Waals surface area contributed by atoms with Crippen LogP contribution in [-0.2, 0) is 6.42 Å². The van der Waals surface area contributed by atoms with E-state index in [9.17, 15) is 0 Å². The molecule has 0 aromatic heterocycles. The average molecular weight is 245 g/mol. The molecule has 1 nitrogen and oxygen atoms in total. The summed E-state index contributed by atoms with van der Waals surface area (Å²) in [6.07, 6.45) is 2.23. The maximum atomic E-state index is 4.12. The quantitative estimate of drug-likeness (QED) is 0.713. The lowest BCUT2D eigenvalue weighted by Gasteiger charge is -2.20. The number of anilines is 1. The number of aryl methyl sites for hydroxylation is 1. The van der Waals surface area contributed by atoms with Crippen LogP contribution in [0.1, 0.15) is 58.1 Å². The first-order valence-corrected chi connectivity index (χ1v) is 7.08. The minimum atomic E-state index is 0.458. The third kappa shape index (κ3) is 3.63. The zero-order valence-corrected chi connectivity index (χ0v) is 12.5. The first kappa shape index (κ1) is 14.8. The van der Waals surface area contributed by atoms with Crippen molar-refractivity contribution in [3.8, 4) is 0 Å². The second-order valence-electron chi connectivity index (χ2n) is 5.39. The fraction of sp³-hybridized carbons (Fsp3) is 0.529. The minimum absolute atomic E-state index is 0.458. The first-order valence-electron chi connectivity index (χ1n) is 7.08. The van der Waals surface area contributed by atoms with Crippen LogP contribution in [0.5, 0.6) is 0 Å². The molecular formula is C17H27N. The van der Waals surface area contributed by atoms with Crippen LogP contribution in [0.4, 0.5) is 5.69 Å². The highest BCUT2D eigenvalue weighted by molar-refractivity contribution is 5.58. The van der Waals surface area contributed by atoms with Gasteiger partial charge in [0.15, 0.2) is 0 Å². The van der Waals surface area contributed by atoms with Crippen molar-refractivity contribution < 1.29 is 0 Å². The van der Waals surface area contributed by atoms with Crippen LogP contribution >= 0.6 is 0 Å². The van der Waals surface area contributed by atoms with Crippen molar-refractivity contribution in [3.63, 3.8) is 0 Å². The van der Waals surface area contributed by atoms with Gasteiger partial charge in [0, 0.05) is 11.4 Å². The van der Waals surface area contributed by atoms with Crippen molar-refractivity contribution in [2.24, 2.45) is 5.92 Å². The normalized spacial score (nSPS) is 12.6. The molecule has 1 heteroatoms. The van der Waals surface area contributed by atoms with Gasteiger partial charge in [-0.15, -0.1) is 0 Å². The van der Waals surface area contributed by atoms with Crippen molar-refractivity contribution in [1.82, 2.24) is 0 Å². The van der Waals surface area contributed by atoms with Crippen LogP contribution in [0, 0.1) is 5.92 Å². The topological polar surface area (TPSA) is 12.0 Å². The zero-order chi connectivity index (χ0) is 13.7. The Morgan fingerprint density at radius 1 is 1.22 bits per heavy atom. The Labute approximate surface area is 112 Å². The van der Waals surface area contributed by atoms with Crippen LogP contribution in [-0.4, -0.2) is 0 Å². The second-order valence-corrected chi connectivity index (χ2v) is 5.39. The highest BCUT2D eigenvalue weighted by atomic mass is 14.9. The molecule has 1 atom stereocenters. The van der Waals surface area contributed by atoms with Gasteiger partial charge in [0.05, 0.1) is 0 Å². The van der Waals surface area contributed by atoms with Crippen LogP contribution in [0.3, 0.4) is 0 Å². The predicted molar refractivity (Wildman–Crippen MR) is 82.1 cm³/mol. The van der Waals surface area contributed by atoms with Gasteiger partial charge in [-0.1, -0.05) is 53.3 Å². The average Bonchev–Trinajstić information content (AvgIpc) is 2.37. The lowest BCUT2D eigenvalue weighted by Crippen LogP contribution is -2.08. The second kappa shape index (κ2) is 6.63. The van der Waals surface area contributed by atoms with Crippen molar-refractivity contribution in [2.45, 2.75) is 53.4 Å². The Bertz CT molecular complexity index is 404. The Hall–Kier alpha value is -1.24. The third-order valence-electron chi connectivity index (χ3n) is 3.66. The highest BCUT2D eigenvalue weighted by Crippen LogP contribution is 2.29. The summed E-state index contributed by atoms with van der Waals surface area (Å²) in [5.74, 6) is 1.04. The summed E-state index contributed by atoms with van der Waals surface area (Å²) < 4.78 is 0. The van der Waals surface area contributed by atoms with Crippen LogP contribution in [0.25, 0.3) is 0 Å². The fourth-order valence-corrected chi connectivity index (χ4v) is 1.90. The molecule has 0 aliphatic rings. The zero-order valence-electron chi connectivity index (χ0n) is 12.5. The molecule has 1 N–H and O–H groups in total. The van der Waals surface area contributed by atoms with Crippen LogP contribution < -0.4 is 5.32 Å². The van der Waals surface area contributed by atoms with E-state index in [0.717, 1.165) is 18.5 Å². The Balaban J connectivity index is 3.07. The summed E-state index contributed by atoms with van der Waals surface area (Å²) in [5.41, 5.74) is 5.10.